The fraction of sp³-hybridized carbons (Fsp3) is 0.176. The van der Waals surface area contributed by atoms with Gasteiger partial charge in [0, 0.05) is 31.0 Å². The van der Waals surface area contributed by atoms with Crippen molar-refractivity contribution < 1.29 is 26.0 Å². The molecule has 10 heteroatoms. The molecule has 0 atom stereocenters. The first-order chi connectivity index (χ1) is 12.4. The number of pyridine rings is 1. The summed E-state index contributed by atoms with van der Waals surface area (Å²) in [6.45, 7) is 0.635. The van der Waals surface area contributed by atoms with Crippen molar-refractivity contribution in [2.45, 2.75) is 17.7 Å². The molecule has 0 saturated carbocycles. The molecule has 0 amide bonds. The zero-order chi connectivity index (χ0) is 20.0. The van der Waals surface area contributed by atoms with Gasteiger partial charge in [-0.1, -0.05) is 0 Å². The van der Waals surface area contributed by atoms with Crippen molar-refractivity contribution in [1.82, 2.24) is 14.8 Å². The van der Waals surface area contributed by atoms with Crippen LogP contribution in [-0.2, 0) is 15.8 Å². The normalized spacial score (nSPS) is 12.4. The lowest BCUT2D eigenvalue weighted by molar-refractivity contribution is 0.0124. The van der Waals surface area contributed by atoms with Crippen LogP contribution in [0.4, 0.5) is 17.6 Å². The molecule has 3 rings (SSSR count). The number of nitrogens with zero attached hydrogens (tertiary/aromatic N) is 3. The molecule has 0 fully saturated rings. The summed E-state index contributed by atoms with van der Waals surface area (Å²) in [5, 5.41) is 3.79. The van der Waals surface area contributed by atoms with Crippen LogP contribution < -0.4 is 0 Å². The van der Waals surface area contributed by atoms with E-state index in [1.54, 1.807) is 0 Å². The second kappa shape index (κ2) is 6.45. The van der Waals surface area contributed by atoms with Gasteiger partial charge >= 0.3 is 0 Å². The van der Waals surface area contributed by atoms with Crippen LogP contribution in [0.25, 0.3) is 17.1 Å². The van der Waals surface area contributed by atoms with Gasteiger partial charge in [-0.15, -0.1) is 0 Å². The second-order valence-corrected chi connectivity index (χ2v) is 8.01. The molecular weight excluding hydrogens is 386 g/mol. The molecule has 2 heterocycles. The van der Waals surface area contributed by atoms with Gasteiger partial charge in [0.05, 0.1) is 10.6 Å². The third-order valence-electron chi connectivity index (χ3n) is 3.68. The molecule has 2 aromatic heterocycles. The first kappa shape index (κ1) is 19.0. The third-order valence-corrected chi connectivity index (χ3v) is 4.78. The summed E-state index contributed by atoms with van der Waals surface area (Å²) in [6.07, 6.45) is 2.04. The maximum absolute atomic E-state index is 13.7. The highest BCUT2D eigenvalue weighted by Crippen LogP contribution is 2.32. The fourth-order valence-corrected chi connectivity index (χ4v) is 2.95. The molecule has 0 bridgehead atoms. The quantitative estimate of drug-likeness (QED) is 0.627. The van der Waals surface area contributed by atoms with Crippen molar-refractivity contribution in [3.63, 3.8) is 0 Å². The summed E-state index contributed by atoms with van der Waals surface area (Å²) in [5.41, 5.74) is -0.676. The van der Waals surface area contributed by atoms with Gasteiger partial charge in [0.2, 0.25) is 0 Å². The Hall–Kier alpha value is -2.75. The van der Waals surface area contributed by atoms with E-state index in [2.05, 4.69) is 10.1 Å². The number of hydrogen-bond acceptors (Lipinski definition) is 4. The molecule has 5 nitrogen and oxygen atoms in total. The predicted octanol–water partition coefficient (Wildman–Crippen LogP) is 3.73. The van der Waals surface area contributed by atoms with Gasteiger partial charge in [-0.05, 0) is 30.3 Å². The molecular formula is C17H13F4N3O2S. The number of alkyl halides is 2. The standard InChI is InChI=1S/C17H13F4N3O2S/c1-17(20,21)15-8-14(10-5-11(18)7-12(19)6-10)24(23-15)16-4-3-13(9-22-16)27(2,25)26/h3-9H,1-2H3. The molecule has 27 heavy (non-hydrogen) atoms. The van der Waals surface area contributed by atoms with Gasteiger partial charge in [-0.2, -0.15) is 13.9 Å². The molecule has 0 saturated heterocycles. The van der Waals surface area contributed by atoms with E-state index < -0.39 is 33.1 Å². The first-order valence-corrected chi connectivity index (χ1v) is 9.45. The molecule has 1 aromatic carbocycles. The highest BCUT2D eigenvalue weighted by Gasteiger charge is 2.30. The molecule has 0 radical (unpaired) electrons. The van der Waals surface area contributed by atoms with Gasteiger partial charge in [-0.3, -0.25) is 0 Å². The van der Waals surface area contributed by atoms with Crippen LogP contribution in [0.15, 0.2) is 47.5 Å². The molecule has 0 N–H and O–H groups in total. The van der Waals surface area contributed by atoms with Crippen LogP contribution in [0, 0.1) is 11.6 Å². The molecule has 0 unspecified atom stereocenters. The first-order valence-electron chi connectivity index (χ1n) is 7.56. The summed E-state index contributed by atoms with van der Waals surface area (Å²) in [6, 6.07) is 6.09. The van der Waals surface area contributed by atoms with Gasteiger partial charge in [0.15, 0.2) is 15.7 Å². The Labute approximate surface area is 152 Å². The minimum atomic E-state index is -3.50. The number of aromatic nitrogens is 3. The number of halogens is 4. The lowest BCUT2D eigenvalue weighted by Crippen LogP contribution is -2.10. The van der Waals surface area contributed by atoms with E-state index in [9.17, 15) is 26.0 Å². The monoisotopic (exact) mass is 399 g/mol. The van der Waals surface area contributed by atoms with E-state index in [0.29, 0.717) is 13.0 Å². The second-order valence-electron chi connectivity index (χ2n) is 6.00. The number of benzene rings is 1. The van der Waals surface area contributed by atoms with Crippen molar-refractivity contribution >= 4 is 9.84 Å². The summed E-state index contributed by atoms with van der Waals surface area (Å²) < 4.78 is 78.7. The predicted molar refractivity (Wildman–Crippen MR) is 89.4 cm³/mol. The molecule has 0 aliphatic heterocycles. The van der Waals surface area contributed by atoms with Crippen molar-refractivity contribution in [3.8, 4) is 17.1 Å². The minimum absolute atomic E-state index is 0.0116. The third kappa shape index (κ3) is 4.00. The maximum atomic E-state index is 13.7. The smallest absolute Gasteiger partial charge is 0.236 e. The molecule has 0 aliphatic carbocycles. The summed E-state index contributed by atoms with van der Waals surface area (Å²) in [5.74, 6) is -5.07. The Bertz CT molecular complexity index is 1080. The largest absolute Gasteiger partial charge is 0.288 e. The van der Waals surface area contributed by atoms with Gasteiger partial charge in [0.25, 0.3) is 5.92 Å². The van der Waals surface area contributed by atoms with Crippen LogP contribution in [0.5, 0.6) is 0 Å². The van der Waals surface area contributed by atoms with Gasteiger partial charge < -0.3 is 0 Å². The van der Waals surface area contributed by atoms with E-state index >= 15 is 0 Å². The van der Waals surface area contributed by atoms with Gasteiger partial charge in [0.1, 0.15) is 17.3 Å². The number of rotatable bonds is 4. The van der Waals surface area contributed by atoms with Crippen LogP contribution in [-0.4, -0.2) is 29.4 Å². The Morgan fingerprint density at radius 2 is 1.67 bits per heavy atom. The lowest BCUT2D eigenvalue weighted by Gasteiger charge is -2.08. The Balaban J connectivity index is 2.21. The average molecular weight is 399 g/mol. The van der Waals surface area contributed by atoms with Crippen molar-refractivity contribution in [2.75, 3.05) is 6.26 Å². The zero-order valence-corrected chi connectivity index (χ0v) is 14.9. The topological polar surface area (TPSA) is 64.8 Å². The van der Waals surface area contributed by atoms with Crippen molar-refractivity contribution in [1.29, 1.82) is 0 Å². The highest BCUT2D eigenvalue weighted by atomic mass is 32.2. The summed E-state index contributed by atoms with van der Waals surface area (Å²) in [4.78, 5) is 3.86. The highest BCUT2D eigenvalue weighted by molar-refractivity contribution is 7.90. The number of hydrogen-bond donors (Lipinski definition) is 0. The van der Waals surface area contributed by atoms with E-state index in [4.69, 9.17) is 0 Å². The van der Waals surface area contributed by atoms with E-state index in [0.717, 1.165) is 35.3 Å². The molecule has 0 aliphatic rings. The van der Waals surface area contributed by atoms with Crippen LogP contribution in [0.2, 0.25) is 0 Å². The maximum Gasteiger partial charge on any atom is 0.288 e. The Morgan fingerprint density at radius 1 is 1.04 bits per heavy atom. The van der Waals surface area contributed by atoms with E-state index in [1.165, 1.54) is 12.1 Å². The fourth-order valence-electron chi connectivity index (χ4n) is 2.39. The molecule has 142 valence electrons. The van der Waals surface area contributed by atoms with Crippen molar-refractivity contribution in [3.05, 3.63) is 59.9 Å². The van der Waals surface area contributed by atoms with Crippen LogP contribution in [0.3, 0.4) is 0 Å². The Morgan fingerprint density at radius 3 is 2.15 bits per heavy atom. The zero-order valence-electron chi connectivity index (χ0n) is 14.1. The van der Waals surface area contributed by atoms with E-state index in [1.807, 2.05) is 0 Å². The van der Waals surface area contributed by atoms with Crippen LogP contribution in [0.1, 0.15) is 12.6 Å². The number of sulfone groups is 1. The minimum Gasteiger partial charge on any atom is -0.236 e. The molecule has 3 aromatic rings. The Kier molecular flexibility index (Phi) is 4.54. The lowest BCUT2D eigenvalue weighted by atomic mass is 10.1. The van der Waals surface area contributed by atoms with Crippen LogP contribution >= 0.6 is 0 Å². The molecule has 0 spiro atoms. The summed E-state index contributed by atoms with van der Waals surface area (Å²) in [7, 11) is -3.50. The summed E-state index contributed by atoms with van der Waals surface area (Å²) >= 11 is 0. The SMILES string of the molecule is CC(F)(F)c1cc(-c2cc(F)cc(F)c2)n(-c2ccc(S(C)(=O)=O)cn2)n1. The average Bonchev–Trinajstić information content (AvgIpc) is 2.99. The van der Waals surface area contributed by atoms with Gasteiger partial charge in [-0.25, -0.2) is 26.9 Å². The van der Waals surface area contributed by atoms with Crippen molar-refractivity contribution in [2.24, 2.45) is 0 Å². The van der Waals surface area contributed by atoms with E-state index in [-0.39, 0.29) is 22.0 Å².